The highest BCUT2D eigenvalue weighted by molar-refractivity contribution is 6.04. The van der Waals surface area contributed by atoms with Crippen LogP contribution in [0.5, 0.6) is 0 Å². The Labute approximate surface area is 115 Å². The number of nitrogens with zero attached hydrogens (tertiary/aromatic N) is 2. The van der Waals surface area contributed by atoms with Crippen LogP contribution in [-0.2, 0) is 0 Å². The zero-order valence-corrected chi connectivity index (χ0v) is 10.9. The molecule has 0 bridgehead atoms. The molecule has 0 radical (unpaired) electrons. The van der Waals surface area contributed by atoms with Crippen LogP contribution < -0.4 is 11.1 Å². The largest absolute Gasteiger partial charge is 0.409 e. The molecule has 6 nitrogen and oxygen atoms in total. The minimum absolute atomic E-state index is 0.0171. The first-order valence-corrected chi connectivity index (χ1v) is 5.92. The summed E-state index contributed by atoms with van der Waals surface area (Å²) in [7, 11) is 0. The number of hydrogen-bond donors (Lipinski definition) is 3. The van der Waals surface area contributed by atoms with Crippen molar-refractivity contribution in [3.63, 3.8) is 0 Å². The third-order valence-electron chi connectivity index (χ3n) is 2.77. The summed E-state index contributed by atoms with van der Waals surface area (Å²) in [6, 6.07) is 10.2. The molecule has 1 aromatic carbocycles. The van der Waals surface area contributed by atoms with Crippen LogP contribution in [0.15, 0.2) is 47.8 Å². The van der Waals surface area contributed by atoms with E-state index in [2.05, 4.69) is 15.5 Å². The average molecular weight is 270 g/mol. The van der Waals surface area contributed by atoms with Gasteiger partial charge in [-0.25, -0.2) is 0 Å². The van der Waals surface area contributed by atoms with Crippen LogP contribution in [0, 0.1) is 6.92 Å². The molecular weight excluding hydrogens is 256 g/mol. The number of rotatable bonds is 3. The molecule has 0 atom stereocenters. The third-order valence-corrected chi connectivity index (χ3v) is 2.77. The lowest BCUT2D eigenvalue weighted by molar-refractivity contribution is 0.102. The van der Waals surface area contributed by atoms with E-state index < -0.39 is 0 Å². The zero-order chi connectivity index (χ0) is 14.5. The first-order valence-electron chi connectivity index (χ1n) is 5.92. The van der Waals surface area contributed by atoms with Crippen LogP contribution in [0.1, 0.15) is 21.6 Å². The fourth-order valence-electron chi connectivity index (χ4n) is 1.70. The van der Waals surface area contributed by atoms with Crippen LogP contribution in [0.4, 0.5) is 5.69 Å². The number of oxime groups is 1. The molecule has 1 heterocycles. The first-order chi connectivity index (χ1) is 9.61. The van der Waals surface area contributed by atoms with Gasteiger partial charge in [0.05, 0.1) is 0 Å². The van der Waals surface area contributed by atoms with Crippen molar-refractivity contribution in [2.24, 2.45) is 10.9 Å². The maximum atomic E-state index is 12.0. The number of benzene rings is 1. The molecule has 0 aliphatic carbocycles. The molecule has 0 aliphatic rings. The second-order valence-corrected chi connectivity index (χ2v) is 4.19. The van der Waals surface area contributed by atoms with Gasteiger partial charge in [-0.2, -0.15) is 0 Å². The SMILES string of the molecule is Cc1cccnc1C(=O)Nc1ccc(C(N)=NO)cc1. The van der Waals surface area contributed by atoms with Crippen LogP contribution in [0.25, 0.3) is 0 Å². The van der Waals surface area contributed by atoms with Gasteiger partial charge in [0.25, 0.3) is 5.91 Å². The standard InChI is InChI=1S/C14H14N4O2/c1-9-3-2-8-16-12(9)14(19)17-11-6-4-10(5-7-11)13(15)18-20/h2-8,20H,1H3,(H2,15,18)(H,17,19). The number of anilines is 1. The number of amidine groups is 1. The lowest BCUT2D eigenvalue weighted by Gasteiger charge is -2.07. The van der Waals surface area contributed by atoms with E-state index in [0.29, 0.717) is 16.9 Å². The molecular formula is C14H14N4O2. The Morgan fingerprint density at radius 1 is 1.30 bits per heavy atom. The van der Waals surface area contributed by atoms with E-state index in [9.17, 15) is 4.79 Å². The van der Waals surface area contributed by atoms with E-state index >= 15 is 0 Å². The number of nitrogens with two attached hydrogens (primary N) is 1. The Bertz CT molecular complexity index is 650. The summed E-state index contributed by atoms with van der Waals surface area (Å²) in [6.07, 6.45) is 1.57. The highest BCUT2D eigenvalue weighted by Crippen LogP contribution is 2.12. The molecule has 6 heteroatoms. The van der Waals surface area contributed by atoms with Gasteiger partial charge >= 0.3 is 0 Å². The Balaban J connectivity index is 2.15. The Morgan fingerprint density at radius 3 is 2.60 bits per heavy atom. The van der Waals surface area contributed by atoms with Crippen LogP contribution in [0.3, 0.4) is 0 Å². The van der Waals surface area contributed by atoms with Crippen LogP contribution >= 0.6 is 0 Å². The third kappa shape index (κ3) is 2.92. The van der Waals surface area contributed by atoms with Crippen molar-refractivity contribution in [3.8, 4) is 0 Å². The van der Waals surface area contributed by atoms with E-state index in [1.54, 1.807) is 36.5 Å². The molecule has 1 aromatic heterocycles. The molecule has 0 aliphatic heterocycles. The van der Waals surface area contributed by atoms with E-state index in [0.717, 1.165) is 5.56 Å². The lowest BCUT2D eigenvalue weighted by Crippen LogP contribution is -2.16. The maximum absolute atomic E-state index is 12.0. The molecule has 0 saturated heterocycles. The van der Waals surface area contributed by atoms with E-state index in [-0.39, 0.29) is 11.7 Å². The van der Waals surface area contributed by atoms with Gasteiger partial charge < -0.3 is 16.3 Å². The minimum atomic E-state index is -0.278. The van der Waals surface area contributed by atoms with Crippen LogP contribution in [-0.4, -0.2) is 21.9 Å². The van der Waals surface area contributed by atoms with Crippen molar-refractivity contribution in [2.45, 2.75) is 6.92 Å². The molecule has 2 aromatic rings. The second-order valence-electron chi connectivity index (χ2n) is 4.19. The van der Waals surface area contributed by atoms with Crippen molar-refractivity contribution in [1.29, 1.82) is 0 Å². The summed E-state index contributed by atoms with van der Waals surface area (Å²) in [5, 5.41) is 14.2. The number of aryl methyl sites for hydroxylation is 1. The number of aromatic nitrogens is 1. The number of carbonyl (C=O) groups excluding carboxylic acids is 1. The summed E-state index contributed by atoms with van der Waals surface area (Å²) in [4.78, 5) is 16.1. The molecule has 0 saturated carbocycles. The monoisotopic (exact) mass is 270 g/mol. The van der Waals surface area contributed by atoms with Crippen molar-refractivity contribution >= 4 is 17.4 Å². The van der Waals surface area contributed by atoms with Gasteiger partial charge in [-0.3, -0.25) is 9.78 Å². The van der Waals surface area contributed by atoms with Gasteiger partial charge in [0, 0.05) is 17.4 Å². The quantitative estimate of drug-likeness (QED) is 0.342. The van der Waals surface area contributed by atoms with E-state index in [4.69, 9.17) is 10.9 Å². The van der Waals surface area contributed by atoms with Crippen molar-refractivity contribution in [2.75, 3.05) is 5.32 Å². The first kappa shape index (κ1) is 13.5. The van der Waals surface area contributed by atoms with Crippen molar-refractivity contribution in [3.05, 3.63) is 59.4 Å². The average Bonchev–Trinajstić information content (AvgIpc) is 2.47. The number of nitrogens with one attached hydrogen (secondary N) is 1. The van der Waals surface area contributed by atoms with Crippen molar-refractivity contribution in [1.82, 2.24) is 4.98 Å². The predicted molar refractivity (Wildman–Crippen MR) is 75.9 cm³/mol. The Kier molecular flexibility index (Phi) is 3.95. The van der Waals surface area contributed by atoms with Gasteiger partial charge in [0.2, 0.25) is 0 Å². The zero-order valence-electron chi connectivity index (χ0n) is 10.9. The molecule has 0 spiro atoms. The summed E-state index contributed by atoms with van der Waals surface area (Å²) in [5.74, 6) is -0.261. The number of hydrogen-bond acceptors (Lipinski definition) is 4. The lowest BCUT2D eigenvalue weighted by atomic mass is 10.1. The number of amides is 1. The van der Waals surface area contributed by atoms with Gasteiger partial charge in [0.15, 0.2) is 5.84 Å². The van der Waals surface area contributed by atoms with Crippen LogP contribution in [0.2, 0.25) is 0 Å². The molecule has 0 unspecified atom stereocenters. The number of pyridine rings is 1. The topological polar surface area (TPSA) is 101 Å². The molecule has 4 N–H and O–H groups in total. The van der Waals surface area contributed by atoms with Crippen molar-refractivity contribution < 1.29 is 10.0 Å². The molecule has 102 valence electrons. The van der Waals surface area contributed by atoms with E-state index in [1.807, 2.05) is 13.0 Å². The second kappa shape index (κ2) is 5.83. The molecule has 1 amide bonds. The number of carbonyl (C=O) groups is 1. The summed E-state index contributed by atoms with van der Waals surface area (Å²) >= 11 is 0. The summed E-state index contributed by atoms with van der Waals surface area (Å²) < 4.78 is 0. The minimum Gasteiger partial charge on any atom is -0.409 e. The molecule has 0 fully saturated rings. The smallest absolute Gasteiger partial charge is 0.274 e. The Hall–Kier alpha value is -2.89. The van der Waals surface area contributed by atoms with Gasteiger partial charge in [0.1, 0.15) is 5.69 Å². The predicted octanol–water partition coefficient (Wildman–Crippen LogP) is 1.74. The normalized spacial score (nSPS) is 11.2. The van der Waals surface area contributed by atoms with Gasteiger partial charge in [-0.15, -0.1) is 0 Å². The Morgan fingerprint density at radius 2 is 2.00 bits per heavy atom. The van der Waals surface area contributed by atoms with E-state index in [1.165, 1.54) is 0 Å². The summed E-state index contributed by atoms with van der Waals surface area (Å²) in [6.45, 7) is 1.82. The highest BCUT2D eigenvalue weighted by atomic mass is 16.4. The summed E-state index contributed by atoms with van der Waals surface area (Å²) in [5.41, 5.74) is 7.82. The molecule has 20 heavy (non-hydrogen) atoms. The van der Waals surface area contributed by atoms with Gasteiger partial charge in [-0.1, -0.05) is 11.2 Å². The fraction of sp³-hybridized carbons (Fsp3) is 0.0714. The fourth-order valence-corrected chi connectivity index (χ4v) is 1.70. The molecule has 2 rings (SSSR count). The van der Waals surface area contributed by atoms with Gasteiger partial charge in [-0.05, 0) is 42.8 Å². The maximum Gasteiger partial charge on any atom is 0.274 e. The highest BCUT2D eigenvalue weighted by Gasteiger charge is 2.10.